The number of amides is 2. The van der Waals surface area contributed by atoms with Gasteiger partial charge in [0.1, 0.15) is 0 Å². The summed E-state index contributed by atoms with van der Waals surface area (Å²) in [5.74, 6) is -0.536. The first kappa shape index (κ1) is 21.5. The van der Waals surface area contributed by atoms with Gasteiger partial charge >= 0.3 is 0 Å². The Morgan fingerprint density at radius 2 is 1.60 bits per heavy atom. The van der Waals surface area contributed by atoms with Crippen molar-refractivity contribution in [2.24, 2.45) is 11.8 Å². The van der Waals surface area contributed by atoms with Crippen molar-refractivity contribution in [2.75, 3.05) is 6.54 Å². The molecule has 2 aliphatic heterocycles. The van der Waals surface area contributed by atoms with Crippen LogP contribution in [0.5, 0.6) is 0 Å². The topological polar surface area (TPSA) is 74.8 Å². The third-order valence-electron chi connectivity index (χ3n) is 7.16. The van der Waals surface area contributed by atoms with Gasteiger partial charge in [-0.3, -0.25) is 14.5 Å². The quantitative estimate of drug-likeness (QED) is 0.666. The second kappa shape index (κ2) is 8.42. The molecule has 0 bridgehead atoms. The average Bonchev–Trinajstić information content (AvgIpc) is 3.00. The van der Waals surface area contributed by atoms with Crippen LogP contribution in [0, 0.1) is 18.8 Å². The molecule has 0 aromatic heterocycles. The number of likely N-dealkylation sites (tertiary alicyclic amines) is 1. The number of imide groups is 1. The molecule has 0 N–H and O–H groups in total. The van der Waals surface area contributed by atoms with E-state index in [0.29, 0.717) is 22.6 Å². The number of hydrogen-bond donors (Lipinski definition) is 0. The highest BCUT2D eigenvalue weighted by molar-refractivity contribution is 7.89. The van der Waals surface area contributed by atoms with Gasteiger partial charge in [0.05, 0.1) is 23.3 Å². The van der Waals surface area contributed by atoms with Crippen molar-refractivity contribution in [2.45, 2.75) is 82.7 Å². The minimum absolute atomic E-state index is 0.0386. The molecular weight excluding hydrogens is 400 g/mol. The van der Waals surface area contributed by atoms with E-state index in [-0.39, 0.29) is 36.2 Å². The van der Waals surface area contributed by atoms with Crippen LogP contribution in [-0.4, -0.2) is 42.0 Å². The Morgan fingerprint density at radius 3 is 2.23 bits per heavy atom. The Balaban J connectivity index is 1.61. The molecule has 6 nitrogen and oxygen atoms in total. The molecule has 4 rings (SSSR count). The Morgan fingerprint density at radius 1 is 0.967 bits per heavy atom. The smallest absolute Gasteiger partial charge is 0.243 e. The maximum absolute atomic E-state index is 13.5. The van der Waals surface area contributed by atoms with Gasteiger partial charge in [0.2, 0.25) is 21.8 Å². The normalized spacial score (nSPS) is 28.1. The highest BCUT2D eigenvalue weighted by atomic mass is 32.2. The molecule has 1 aromatic rings. The summed E-state index contributed by atoms with van der Waals surface area (Å²) in [5.41, 5.74) is 1.40. The molecule has 2 heterocycles. The van der Waals surface area contributed by atoms with Crippen LogP contribution in [0.2, 0.25) is 0 Å². The molecule has 30 heavy (non-hydrogen) atoms. The van der Waals surface area contributed by atoms with Crippen LogP contribution in [0.25, 0.3) is 0 Å². The van der Waals surface area contributed by atoms with Crippen LogP contribution in [-0.2, 0) is 26.2 Å². The fraction of sp³-hybridized carbons (Fsp3) is 0.652. The van der Waals surface area contributed by atoms with Crippen molar-refractivity contribution < 1.29 is 18.0 Å². The van der Waals surface area contributed by atoms with Gasteiger partial charge in [-0.05, 0) is 56.2 Å². The Bertz CT molecular complexity index is 919. The molecule has 1 aliphatic carbocycles. The maximum atomic E-state index is 13.5. The van der Waals surface area contributed by atoms with E-state index in [1.54, 1.807) is 16.4 Å². The van der Waals surface area contributed by atoms with Gasteiger partial charge in [-0.15, -0.1) is 0 Å². The number of fused-ring (bicyclic) bond motifs is 1. The SMILES string of the molecule is CCC1CCCCN1S(=O)(=O)c1cc(CN2C(=O)C3CCCCC3C2=O)ccc1C. The molecule has 3 aliphatic rings. The van der Waals surface area contributed by atoms with Crippen LogP contribution in [0.3, 0.4) is 0 Å². The van der Waals surface area contributed by atoms with Gasteiger partial charge in [-0.25, -0.2) is 8.42 Å². The van der Waals surface area contributed by atoms with E-state index in [0.717, 1.165) is 51.4 Å². The van der Waals surface area contributed by atoms with Crippen molar-refractivity contribution in [3.63, 3.8) is 0 Å². The second-order valence-electron chi connectivity index (χ2n) is 9.03. The summed E-state index contributed by atoms with van der Waals surface area (Å²) < 4.78 is 28.6. The fourth-order valence-electron chi connectivity index (χ4n) is 5.41. The van der Waals surface area contributed by atoms with E-state index in [9.17, 15) is 18.0 Å². The summed E-state index contributed by atoms with van der Waals surface area (Å²) in [6, 6.07) is 5.35. The molecule has 0 radical (unpaired) electrons. The second-order valence-corrected chi connectivity index (χ2v) is 10.9. The molecule has 164 valence electrons. The first-order valence-corrected chi connectivity index (χ1v) is 12.7. The molecule has 1 aromatic carbocycles. The number of carbonyl (C=O) groups is 2. The van der Waals surface area contributed by atoms with Crippen LogP contribution in [0.4, 0.5) is 0 Å². The molecule has 7 heteroatoms. The minimum atomic E-state index is -3.61. The van der Waals surface area contributed by atoms with Gasteiger partial charge in [0, 0.05) is 12.6 Å². The first-order valence-electron chi connectivity index (χ1n) is 11.3. The zero-order chi connectivity index (χ0) is 21.5. The van der Waals surface area contributed by atoms with E-state index in [1.807, 2.05) is 19.9 Å². The van der Waals surface area contributed by atoms with Crippen molar-refractivity contribution in [1.29, 1.82) is 0 Å². The molecule has 3 fully saturated rings. The predicted octanol–water partition coefficient (Wildman–Crippen LogP) is 3.62. The number of rotatable bonds is 5. The van der Waals surface area contributed by atoms with E-state index >= 15 is 0 Å². The van der Waals surface area contributed by atoms with E-state index < -0.39 is 10.0 Å². The fourth-order valence-corrected chi connectivity index (χ4v) is 7.46. The van der Waals surface area contributed by atoms with Gasteiger partial charge in [0.25, 0.3) is 0 Å². The van der Waals surface area contributed by atoms with Crippen LogP contribution < -0.4 is 0 Å². The summed E-state index contributed by atoms with van der Waals surface area (Å²) in [6.45, 7) is 4.55. The molecule has 2 saturated heterocycles. The average molecular weight is 433 g/mol. The highest BCUT2D eigenvalue weighted by Gasteiger charge is 2.48. The summed E-state index contributed by atoms with van der Waals surface area (Å²) in [7, 11) is -3.61. The summed E-state index contributed by atoms with van der Waals surface area (Å²) >= 11 is 0. The Hall–Kier alpha value is -1.73. The molecule has 0 spiro atoms. The summed E-state index contributed by atoms with van der Waals surface area (Å²) in [5, 5.41) is 0. The number of hydrogen-bond acceptors (Lipinski definition) is 4. The van der Waals surface area contributed by atoms with Crippen molar-refractivity contribution in [1.82, 2.24) is 9.21 Å². The number of piperidine rings is 1. The Labute approximate surface area is 179 Å². The number of benzene rings is 1. The lowest BCUT2D eigenvalue weighted by Crippen LogP contribution is -2.43. The number of aryl methyl sites for hydroxylation is 1. The lowest BCUT2D eigenvalue weighted by molar-refractivity contribution is -0.140. The third-order valence-corrected chi connectivity index (χ3v) is 9.25. The molecule has 3 atom stereocenters. The van der Waals surface area contributed by atoms with Crippen molar-refractivity contribution in [3.05, 3.63) is 29.3 Å². The highest BCUT2D eigenvalue weighted by Crippen LogP contribution is 2.39. The lowest BCUT2D eigenvalue weighted by Gasteiger charge is -2.34. The summed E-state index contributed by atoms with van der Waals surface area (Å²) in [6.07, 6.45) is 7.20. The van der Waals surface area contributed by atoms with E-state index in [2.05, 4.69) is 0 Å². The monoisotopic (exact) mass is 432 g/mol. The predicted molar refractivity (Wildman–Crippen MR) is 114 cm³/mol. The number of carbonyl (C=O) groups excluding carboxylic acids is 2. The van der Waals surface area contributed by atoms with E-state index in [1.165, 1.54) is 4.90 Å². The molecule has 1 saturated carbocycles. The lowest BCUT2D eigenvalue weighted by atomic mass is 9.81. The van der Waals surface area contributed by atoms with Gasteiger partial charge in [-0.1, -0.05) is 38.3 Å². The van der Waals surface area contributed by atoms with Crippen LogP contribution in [0.1, 0.15) is 69.4 Å². The molecular formula is C23H32N2O4S. The maximum Gasteiger partial charge on any atom is 0.243 e. The van der Waals surface area contributed by atoms with Crippen molar-refractivity contribution >= 4 is 21.8 Å². The largest absolute Gasteiger partial charge is 0.278 e. The van der Waals surface area contributed by atoms with Crippen LogP contribution in [0.15, 0.2) is 23.1 Å². The minimum Gasteiger partial charge on any atom is -0.278 e. The molecule has 2 amide bonds. The van der Waals surface area contributed by atoms with Crippen LogP contribution >= 0.6 is 0 Å². The third kappa shape index (κ3) is 3.71. The van der Waals surface area contributed by atoms with Gasteiger partial charge < -0.3 is 0 Å². The standard InChI is InChI=1S/C23H32N2O4S/c1-3-18-8-6-7-13-25(18)30(28,29)21-14-17(12-11-16(21)2)15-24-22(26)19-9-4-5-10-20(19)23(24)27/h11-12,14,18-20H,3-10,13,15H2,1-2H3. The first-order chi connectivity index (χ1) is 14.3. The molecule has 3 unspecified atom stereocenters. The zero-order valence-corrected chi connectivity index (χ0v) is 18.8. The van der Waals surface area contributed by atoms with Gasteiger partial charge in [0.15, 0.2) is 0 Å². The Kier molecular flexibility index (Phi) is 6.04. The van der Waals surface area contributed by atoms with E-state index in [4.69, 9.17) is 0 Å². The van der Waals surface area contributed by atoms with Crippen molar-refractivity contribution in [3.8, 4) is 0 Å². The summed E-state index contributed by atoms with van der Waals surface area (Å²) in [4.78, 5) is 27.3. The van der Waals surface area contributed by atoms with Gasteiger partial charge in [-0.2, -0.15) is 4.31 Å². The number of sulfonamides is 1. The zero-order valence-electron chi connectivity index (χ0n) is 18.0. The number of nitrogens with zero attached hydrogens (tertiary/aromatic N) is 2.